The molecule has 1 aliphatic heterocycles. The van der Waals surface area contributed by atoms with Gasteiger partial charge in [-0.3, -0.25) is 14.2 Å². The van der Waals surface area contributed by atoms with Crippen molar-refractivity contribution in [2.45, 2.75) is 19.4 Å². The highest BCUT2D eigenvalue weighted by Crippen LogP contribution is 2.23. The molecule has 2 heterocycles. The summed E-state index contributed by atoms with van der Waals surface area (Å²) in [4.78, 5) is 29.3. The molecule has 0 atom stereocenters. The number of rotatable bonds is 5. The average Bonchev–Trinajstić information content (AvgIpc) is 3.16. The summed E-state index contributed by atoms with van der Waals surface area (Å²) in [6.07, 6.45) is 1.76. The summed E-state index contributed by atoms with van der Waals surface area (Å²) in [5, 5.41) is 3.25. The molecule has 1 amide bonds. The molecule has 0 saturated carbocycles. The van der Waals surface area contributed by atoms with Gasteiger partial charge in [0.05, 0.1) is 23.7 Å². The van der Waals surface area contributed by atoms with Gasteiger partial charge < -0.3 is 14.8 Å². The van der Waals surface area contributed by atoms with Crippen LogP contribution in [0.3, 0.4) is 0 Å². The van der Waals surface area contributed by atoms with Crippen molar-refractivity contribution in [1.82, 2.24) is 9.55 Å². The van der Waals surface area contributed by atoms with E-state index >= 15 is 0 Å². The Morgan fingerprint density at radius 2 is 2.11 bits per heavy atom. The number of benzene rings is 2. The number of aromatic nitrogens is 2. The predicted octanol–water partition coefficient (Wildman–Crippen LogP) is 2.37. The molecule has 0 unspecified atom stereocenters. The van der Waals surface area contributed by atoms with Crippen LogP contribution >= 0.6 is 0 Å². The summed E-state index contributed by atoms with van der Waals surface area (Å²) >= 11 is 0. The van der Waals surface area contributed by atoms with Gasteiger partial charge in [0.2, 0.25) is 0 Å². The molecular formula is C20H19N3O4. The molecule has 0 spiro atoms. The molecule has 1 aromatic heterocycles. The molecule has 7 heteroatoms. The molecule has 0 bridgehead atoms. The Kier molecular flexibility index (Phi) is 4.50. The van der Waals surface area contributed by atoms with E-state index in [0.717, 1.165) is 18.7 Å². The highest BCUT2D eigenvalue weighted by molar-refractivity contribution is 5.93. The van der Waals surface area contributed by atoms with E-state index in [0.29, 0.717) is 34.6 Å². The minimum absolute atomic E-state index is 0.0589. The third-order valence-electron chi connectivity index (χ3n) is 4.54. The quantitative estimate of drug-likeness (QED) is 0.751. The van der Waals surface area contributed by atoms with Crippen molar-refractivity contribution in [2.24, 2.45) is 0 Å². The van der Waals surface area contributed by atoms with Crippen LogP contribution < -0.4 is 20.3 Å². The molecule has 0 aliphatic carbocycles. The molecule has 3 aromatic rings. The summed E-state index contributed by atoms with van der Waals surface area (Å²) in [5.74, 6) is 1.54. The second-order valence-corrected chi connectivity index (χ2v) is 6.30. The van der Waals surface area contributed by atoms with E-state index in [2.05, 4.69) is 10.3 Å². The molecule has 27 heavy (non-hydrogen) atoms. The first-order chi connectivity index (χ1) is 13.2. The van der Waals surface area contributed by atoms with Gasteiger partial charge in [-0.15, -0.1) is 0 Å². The predicted molar refractivity (Wildman–Crippen MR) is 101 cm³/mol. The number of hydrogen-bond acceptors (Lipinski definition) is 5. The van der Waals surface area contributed by atoms with Crippen molar-refractivity contribution < 1.29 is 14.3 Å². The van der Waals surface area contributed by atoms with Crippen LogP contribution in [0.25, 0.3) is 10.9 Å². The lowest BCUT2D eigenvalue weighted by atomic mass is 10.2. The van der Waals surface area contributed by atoms with Crippen molar-refractivity contribution in [2.75, 3.05) is 19.0 Å². The molecule has 138 valence electrons. The maximum absolute atomic E-state index is 12.6. The third kappa shape index (κ3) is 3.36. The second-order valence-electron chi connectivity index (χ2n) is 6.30. The summed E-state index contributed by atoms with van der Waals surface area (Å²) in [5.41, 5.74) is 1.17. The number of carbonyl (C=O) groups excluding carboxylic acids is 1. The van der Waals surface area contributed by atoms with Crippen LogP contribution in [0.1, 0.15) is 12.2 Å². The van der Waals surface area contributed by atoms with Crippen LogP contribution in [-0.4, -0.2) is 29.2 Å². The van der Waals surface area contributed by atoms with Gasteiger partial charge in [-0.25, -0.2) is 4.98 Å². The number of amides is 1. The van der Waals surface area contributed by atoms with Crippen molar-refractivity contribution in [3.63, 3.8) is 0 Å². The van der Waals surface area contributed by atoms with Crippen molar-refractivity contribution >= 4 is 22.5 Å². The van der Waals surface area contributed by atoms with E-state index in [1.165, 1.54) is 0 Å². The van der Waals surface area contributed by atoms with Gasteiger partial charge in [0, 0.05) is 13.0 Å². The number of nitrogens with one attached hydrogen (secondary N) is 1. The maximum Gasteiger partial charge on any atom is 0.262 e. The van der Waals surface area contributed by atoms with Crippen LogP contribution in [0.15, 0.2) is 47.3 Å². The van der Waals surface area contributed by atoms with Crippen LogP contribution in [0.5, 0.6) is 11.5 Å². The number of hydrogen-bond donors (Lipinski definition) is 1. The Balaban J connectivity index is 1.49. The largest absolute Gasteiger partial charge is 0.495 e. The first kappa shape index (κ1) is 17.1. The van der Waals surface area contributed by atoms with E-state index < -0.39 is 0 Å². The van der Waals surface area contributed by atoms with Gasteiger partial charge in [-0.2, -0.15) is 0 Å². The van der Waals surface area contributed by atoms with Gasteiger partial charge in [0.15, 0.2) is 6.61 Å². The fourth-order valence-electron chi connectivity index (χ4n) is 3.24. The number of carbonyl (C=O) groups is 1. The van der Waals surface area contributed by atoms with Crippen LogP contribution in [0, 0.1) is 0 Å². The summed E-state index contributed by atoms with van der Waals surface area (Å²) < 4.78 is 12.5. The lowest BCUT2D eigenvalue weighted by Gasteiger charge is -2.11. The molecule has 0 saturated heterocycles. The number of methoxy groups -OCH3 is 1. The zero-order valence-electron chi connectivity index (χ0n) is 14.9. The van der Waals surface area contributed by atoms with Gasteiger partial charge in [0.25, 0.3) is 11.5 Å². The zero-order valence-corrected chi connectivity index (χ0v) is 14.9. The minimum Gasteiger partial charge on any atom is -0.495 e. The van der Waals surface area contributed by atoms with Crippen molar-refractivity contribution in [3.8, 4) is 11.5 Å². The normalized spacial score (nSPS) is 12.6. The van der Waals surface area contributed by atoms with Gasteiger partial charge in [-0.05, 0) is 36.8 Å². The summed E-state index contributed by atoms with van der Waals surface area (Å²) in [6, 6.07) is 12.3. The third-order valence-corrected chi connectivity index (χ3v) is 4.54. The van der Waals surface area contributed by atoms with E-state index in [-0.39, 0.29) is 18.1 Å². The van der Waals surface area contributed by atoms with E-state index in [1.54, 1.807) is 48.1 Å². The molecular weight excluding hydrogens is 346 g/mol. The topological polar surface area (TPSA) is 82.4 Å². The minimum atomic E-state index is -0.316. The fraction of sp³-hybridized carbons (Fsp3) is 0.250. The Hall–Kier alpha value is -3.35. The monoisotopic (exact) mass is 365 g/mol. The van der Waals surface area contributed by atoms with Crippen LogP contribution in [0.2, 0.25) is 0 Å². The van der Waals surface area contributed by atoms with E-state index in [9.17, 15) is 9.59 Å². The zero-order chi connectivity index (χ0) is 18.8. The molecule has 1 aliphatic rings. The second kappa shape index (κ2) is 7.11. The summed E-state index contributed by atoms with van der Waals surface area (Å²) in [7, 11) is 1.54. The molecule has 2 aromatic carbocycles. The Labute approximate surface area is 155 Å². The highest BCUT2D eigenvalue weighted by atomic mass is 16.5. The number of anilines is 1. The number of ether oxygens (including phenoxy) is 2. The first-order valence-electron chi connectivity index (χ1n) is 8.75. The lowest BCUT2D eigenvalue weighted by Crippen LogP contribution is -2.22. The number of para-hydroxylation sites is 2. The lowest BCUT2D eigenvalue weighted by molar-refractivity contribution is -0.118. The van der Waals surface area contributed by atoms with Crippen molar-refractivity contribution in [1.29, 1.82) is 0 Å². The number of aryl methyl sites for hydroxylation is 1. The van der Waals surface area contributed by atoms with E-state index in [4.69, 9.17) is 9.47 Å². The number of nitrogens with zero attached hydrogens (tertiary/aromatic N) is 2. The molecule has 0 fully saturated rings. The summed E-state index contributed by atoms with van der Waals surface area (Å²) in [6.45, 7) is 0.521. The van der Waals surface area contributed by atoms with Gasteiger partial charge in [-0.1, -0.05) is 12.1 Å². The molecule has 0 radical (unpaired) electrons. The first-order valence-corrected chi connectivity index (χ1v) is 8.75. The fourth-order valence-corrected chi connectivity index (χ4v) is 3.24. The number of fused-ring (bicyclic) bond motifs is 2. The smallest absolute Gasteiger partial charge is 0.262 e. The van der Waals surface area contributed by atoms with Gasteiger partial charge >= 0.3 is 0 Å². The maximum atomic E-state index is 12.6. The SMILES string of the molecule is COc1ccccc1NC(=O)COc1ccc2nc3n(c(=O)c2c1)CCC3. The molecule has 4 rings (SSSR count). The van der Waals surface area contributed by atoms with Gasteiger partial charge in [0.1, 0.15) is 17.3 Å². The Bertz CT molecular complexity index is 1070. The molecule has 7 nitrogen and oxygen atoms in total. The van der Waals surface area contributed by atoms with Crippen LogP contribution in [-0.2, 0) is 17.8 Å². The van der Waals surface area contributed by atoms with Crippen LogP contribution in [0.4, 0.5) is 5.69 Å². The highest BCUT2D eigenvalue weighted by Gasteiger charge is 2.16. The Morgan fingerprint density at radius 3 is 2.96 bits per heavy atom. The Morgan fingerprint density at radius 1 is 1.26 bits per heavy atom. The van der Waals surface area contributed by atoms with E-state index in [1.807, 2.05) is 6.07 Å². The standard InChI is InChI=1S/C20H19N3O4/c1-26-17-6-3-2-5-16(17)22-19(24)12-27-13-8-9-15-14(11-13)20(25)23-10-4-7-18(23)21-15/h2-3,5-6,8-9,11H,4,7,10,12H2,1H3,(H,22,24). The average molecular weight is 365 g/mol. The van der Waals surface area contributed by atoms with Crippen molar-refractivity contribution in [3.05, 3.63) is 58.6 Å². The molecule has 1 N–H and O–H groups in total.